The van der Waals surface area contributed by atoms with Gasteiger partial charge in [-0.2, -0.15) is 0 Å². The third-order valence-electron chi connectivity index (χ3n) is 5.19. The van der Waals surface area contributed by atoms with E-state index >= 15 is 0 Å². The number of hydrogen-bond acceptors (Lipinski definition) is 3. The summed E-state index contributed by atoms with van der Waals surface area (Å²) in [4.78, 5) is 19.4. The van der Waals surface area contributed by atoms with Gasteiger partial charge in [0, 0.05) is 23.9 Å². The molecule has 4 atom stereocenters. The molecule has 1 aromatic carbocycles. The number of esters is 1. The van der Waals surface area contributed by atoms with Gasteiger partial charge in [0.2, 0.25) is 0 Å². The topological polar surface area (TPSA) is 55.0 Å². The maximum atomic E-state index is 12.0. The first-order valence-electron chi connectivity index (χ1n) is 8.21. The number of H-pyrrole nitrogens is 1. The summed E-state index contributed by atoms with van der Waals surface area (Å²) in [5.74, 6) is 1.42. The van der Waals surface area contributed by atoms with Crippen LogP contribution in [0.5, 0.6) is 0 Å². The van der Waals surface area contributed by atoms with Gasteiger partial charge in [0.25, 0.3) is 0 Å². The number of nitrogens with one attached hydrogen (secondary N) is 1. The number of fused-ring (bicyclic) bond motifs is 2. The van der Waals surface area contributed by atoms with E-state index in [2.05, 4.69) is 9.97 Å². The lowest BCUT2D eigenvalue weighted by Gasteiger charge is -2.26. The van der Waals surface area contributed by atoms with Gasteiger partial charge in [0.1, 0.15) is 6.10 Å². The van der Waals surface area contributed by atoms with Gasteiger partial charge in [-0.25, -0.2) is 9.78 Å². The highest BCUT2D eigenvalue weighted by Gasteiger charge is 2.48. The van der Waals surface area contributed by atoms with E-state index in [1.54, 1.807) is 6.33 Å². The lowest BCUT2D eigenvalue weighted by molar-refractivity contribution is -0.145. The van der Waals surface area contributed by atoms with Crippen LogP contribution in [0.15, 0.2) is 48.9 Å². The number of carbonyl (C=O) groups excluding carboxylic acids is 1. The second kappa shape index (κ2) is 6.03. The minimum atomic E-state index is -0.232. The molecule has 1 heterocycles. The van der Waals surface area contributed by atoms with Crippen LogP contribution in [-0.4, -0.2) is 22.0 Å². The van der Waals surface area contributed by atoms with Crippen molar-refractivity contribution in [2.45, 2.75) is 31.3 Å². The average molecular weight is 308 g/mol. The highest BCUT2D eigenvalue weighted by atomic mass is 16.5. The van der Waals surface area contributed by atoms with Gasteiger partial charge in [-0.15, -0.1) is 0 Å². The van der Waals surface area contributed by atoms with Crippen LogP contribution in [0.1, 0.15) is 36.4 Å². The molecule has 0 radical (unpaired) electrons. The largest absolute Gasteiger partial charge is 0.459 e. The first kappa shape index (κ1) is 14.2. The molecule has 2 saturated carbocycles. The summed E-state index contributed by atoms with van der Waals surface area (Å²) in [6.45, 7) is 0. The van der Waals surface area contributed by atoms with Crippen molar-refractivity contribution < 1.29 is 9.53 Å². The third kappa shape index (κ3) is 2.93. The van der Waals surface area contributed by atoms with E-state index in [9.17, 15) is 4.79 Å². The second-order valence-corrected chi connectivity index (χ2v) is 6.56. The van der Waals surface area contributed by atoms with Gasteiger partial charge >= 0.3 is 5.97 Å². The van der Waals surface area contributed by atoms with Gasteiger partial charge in [-0.05, 0) is 42.7 Å². The van der Waals surface area contributed by atoms with Crippen LogP contribution in [-0.2, 0) is 9.53 Å². The maximum absolute atomic E-state index is 12.0. The summed E-state index contributed by atoms with van der Waals surface area (Å²) in [5, 5.41) is 0. The monoisotopic (exact) mass is 308 g/mol. The van der Waals surface area contributed by atoms with Crippen molar-refractivity contribution in [1.82, 2.24) is 9.97 Å². The molecule has 1 N–H and O–H groups in total. The molecular formula is C19H20N2O2. The van der Waals surface area contributed by atoms with Gasteiger partial charge in [-0.3, -0.25) is 0 Å². The van der Waals surface area contributed by atoms with Crippen molar-refractivity contribution in [2.24, 2.45) is 11.8 Å². The zero-order chi connectivity index (χ0) is 15.6. The predicted molar refractivity (Wildman–Crippen MR) is 87.5 cm³/mol. The Morgan fingerprint density at radius 2 is 2.04 bits per heavy atom. The van der Waals surface area contributed by atoms with Gasteiger partial charge in [-0.1, -0.05) is 30.3 Å². The molecule has 2 aliphatic rings. The van der Waals surface area contributed by atoms with Crippen molar-refractivity contribution in [3.63, 3.8) is 0 Å². The molecule has 4 heteroatoms. The molecule has 0 spiro atoms. The fourth-order valence-corrected chi connectivity index (χ4v) is 4.13. The molecule has 4 rings (SSSR count). The standard InChI is InChI=1S/C19H20N2O2/c22-19(7-6-13-4-2-1-3-5-13)23-18-10-14-8-15(18)9-16(14)17-11-20-12-21-17/h1-7,11-12,14-16,18H,8-10H2,(H,20,21)/b7-6+. The highest BCUT2D eigenvalue weighted by molar-refractivity contribution is 5.87. The summed E-state index contributed by atoms with van der Waals surface area (Å²) >= 11 is 0. The number of hydrogen-bond donors (Lipinski definition) is 1. The minimum Gasteiger partial charge on any atom is -0.459 e. The van der Waals surface area contributed by atoms with E-state index in [4.69, 9.17) is 4.74 Å². The van der Waals surface area contributed by atoms with Gasteiger partial charge < -0.3 is 9.72 Å². The van der Waals surface area contributed by atoms with Crippen LogP contribution in [0.4, 0.5) is 0 Å². The first-order valence-corrected chi connectivity index (χ1v) is 8.21. The molecule has 2 bridgehead atoms. The number of imidazole rings is 1. The average Bonchev–Trinajstić information content (AvgIpc) is 3.30. The van der Waals surface area contributed by atoms with Crippen LogP contribution < -0.4 is 0 Å². The number of rotatable bonds is 4. The summed E-state index contributed by atoms with van der Waals surface area (Å²) in [6.07, 6.45) is 10.3. The fraction of sp³-hybridized carbons (Fsp3) is 0.368. The molecular weight excluding hydrogens is 288 g/mol. The minimum absolute atomic E-state index is 0.0760. The lowest BCUT2D eigenvalue weighted by atomic mass is 9.85. The molecule has 0 aliphatic heterocycles. The van der Waals surface area contributed by atoms with Gasteiger partial charge in [0.15, 0.2) is 0 Å². The number of benzene rings is 1. The zero-order valence-corrected chi connectivity index (χ0v) is 12.9. The molecule has 2 fully saturated rings. The Hall–Kier alpha value is -2.36. The maximum Gasteiger partial charge on any atom is 0.331 e. The molecule has 118 valence electrons. The molecule has 2 aliphatic carbocycles. The van der Waals surface area contributed by atoms with E-state index in [0.717, 1.165) is 24.8 Å². The summed E-state index contributed by atoms with van der Waals surface area (Å²) in [5.41, 5.74) is 2.24. The SMILES string of the molecule is O=C(/C=C/c1ccccc1)OC1CC2CC1CC2c1cnc[nH]1. The Balaban J connectivity index is 1.33. The molecule has 0 saturated heterocycles. The fourth-order valence-electron chi connectivity index (χ4n) is 4.13. The van der Waals surface area contributed by atoms with Crippen molar-refractivity contribution in [2.75, 3.05) is 0 Å². The molecule has 23 heavy (non-hydrogen) atoms. The van der Waals surface area contributed by atoms with Crippen LogP contribution in [0.2, 0.25) is 0 Å². The summed E-state index contributed by atoms with van der Waals surface area (Å²) < 4.78 is 5.68. The molecule has 4 unspecified atom stereocenters. The van der Waals surface area contributed by atoms with E-state index in [1.165, 1.54) is 11.8 Å². The Labute approximate surface area is 135 Å². The van der Waals surface area contributed by atoms with Crippen molar-refractivity contribution in [3.8, 4) is 0 Å². The Morgan fingerprint density at radius 3 is 2.74 bits per heavy atom. The van der Waals surface area contributed by atoms with E-state index in [0.29, 0.717) is 17.8 Å². The summed E-state index contributed by atoms with van der Waals surface area (Å²) in [7, 11) is 0. The molecule has 1 aromatic heterocycles. The Kier molecular flexibility index (Phi) is 3.74. The van der Waals surface area contributed by atoms with Crippen molar-refractivity contribution in [3.05, 3.63) is 60.2 Å². The molecule has 4 nitrogen and oxygen atoms in total. The number of aromatic nitrogens is 2. The van der Waals surface area contributed by atoms with Crippen LogP contribution in [0.25, 0.3) is 6.08 Å². The second-order valence-electron chi connectivity index (χ2n) is 6.56. The third-order valence-corrected chi connectivity index (χ3v) is 5.19. The van der Waals surface area contributed by atoms with Crippen LogP contribution in [0, 0.1) is 11.8 Å². The molecule has 2 aromatic rings. The normalized spacial score (nSPS) is 29.2. The van der Waals surface area contributed by atoms with E-state index in [1.807, 2.05) is 42.6 Å². The lowest BCUT2D eigenvalue weighted by Crippen LogP contribution is -2.26. The number of aromatic amines is 1. The van der Waals surface area contributed by atoms with Crippen LogP contribution >= 0.6 is 0 Å². The van der Waals surface area contributed by atoms with Crippen molar-refractivity contribution in [1.29, 1.82) is 0 Å². The smallest absolute Gasteiger partial charge is 0.331 e. The Morgan fingerprint density at radius 1 is 1.17 bits per heavy atom. The van der Waals surface area contributed by atoms with Crippen molar-refractivity contribution >= 4 is 12.0 Å². The van der Waals surface area contributed by atoms with E-state index in [-0.39, 0.29) is 12.1 Å². The molecule has 0 amide bonds. The van der Waals surface area contributed by atoms with E-state index < -0.39 is 0 Å². The Bertz CT molecular complexity index is 693. The number of ether oxygens (including phenoxy) is 1. The van der Waals surface area contributed by atoms with Crippen LogP contribution in [0.3, 0.4) is 0 Å². The van der Waals surface area contributed by atoms with Gasteiger partial charge in [0.05, 0.1) is 6.33 Å². The zero-order valence-electron chi connectivity index (χ0n) is 12.9. The number of carbonyl (C=O) groups is 1. The number of nitrogens with zero attached hydrogens (tertiary/aromatic N) is 1. The summed E-state index contributed by atoms with van der Waals surface area (Å²) in [6, 6.07) is 9.81. The first-order chi connectivity index (χ1) is 11.3. The highest BCUT2D eigenvalue weighted by Crippen LogP contribution is 2.53. The quantitative estimate of drug-likeness (QED) is 0.694. The predicted octanol–water partition coefficient (Wildman–Crippen LogP) is 3.55.